The summed E-state index contributed by atoms with van der Waals surface area (Å²) in [6, 6.07) is 15.9. The van der Waals surface area contributed by atoms with Crippen LogP contribution in [0.5, 0.6) is 0 Å². The van der Waals surface area contributed by atoms with Gasteiger partial charge in [-0.1, -0.05) is 30.3 Å². The summed E-state index contributed by atoms with van der Waals surface area (Å²) in [6.45, 7) is 7.48. The van der Waals surface area contributed by atoms with E-state index in [0.29, 0.717) is 23.1 Å². The Bertz CT molecular complexity index is 1430. The smallest absolute Gasteiger partial charge is 0.338 e. The molecule has 0 saturated heterocycles. The third kappa shape index (κ3) is 5.74. The first-order chi connectivity index (χ1) is 18.2. The second-order valence-electron chi connectivity index (χ2n) is 9.41. The van der Waals surface area contributed by atoms with Gasteiger partial charge in [0.25, 0.3) is 5.91 Å². The molecule has 0 aliphatic heterocycles. The molecule has 0 radical (unpaired) electrons. The van der Waals surface area contributed by atoms with Crippen molar-refractivity contribution in [3.8, 4) is 0 Å². The standard InChI is InChI=1S/C28H31N5O5/c1-5-28(3,4)29-26(35)25(23-15-10-16-38-23)33(20-12-9-11-19(17-20)27(36)37-6-2)24(34)18-32-22-14-8-7-13-21(22)30-31-32/h7-17,25H,5-6,18H2,1-4H3,(H,29,35)/t25-/m1/s1. The minimum atomic E-state index is -1.16. The van der Waals surface area contributed by atoms with E-state index in [1.807, 2.05) is 39.0 Å². The van der Waals surface area contributed by atoms with Crippen LogP contribution in [0.25, 0.3) is 11.0 Å². The minimum absolute atomic E-state index is 0.203. The van der Waals surface area contributed by atoms with Gasteiger partial charge in [0, 0.05) is 11.2 Å². The van der Waals surface area contributed by atoms with Crippen molar-refractivity contribution in [3.63, 3.8) is 0 Å². The molecule has 198 valence electrons. The molecule has 0 spiro atoms. The number of esters is 1. The van der Waals surface area contributed by atoms with E-state index in [4.69, 9.17) is 9.15 Å². The van der Waals surface area contributed by atoms with Crippen LogP contribution < -0.4 is 10.2 Å². The maximum Gasteiger partial charge on any atom is 0.338 e. The van der Waals surface area contributed by atoms with Crippen LogP contribution >= 0.6 is 0 Å². The highest BCUT2D eigenvalue weighted by molar-refractivity contribution is 6.02. The van der Waals surface area contributed by atoms with Crippen molar-refractivity contribution >= 4 is 34.5 Å². The van der Waals surface area contributed by atoms with Gasteiger partial charge in [0.2, 0.25) is 5.91 Å². The lowest BCUT2D eigenvalue weighted by Crippen LogP contribution is -2.51. The number of hydrogen-bond acceptors (Lipinski definition) is 7. The molecule has 10 nitrogen and oxygen atoms in total. The lowest BCUT2D eigenvalue weighted by Gasteiger charge is -2.33. The van der Waals surface area contributed by atoms with E-state index in [2.05, 4.69) is 15.6 Å². The van der Waals surface area contributed by atoms with Crippen LogP contribution in [-0.2, 0) is 20.9 Å². The van der Waals surface area contributed by atoms with E-state index in [1.165, 1.54) is 21.9 Å². The van der Waals surface area contributed by atoms with Crippen LogP contribution in [0.3, 0.4) is 0 Å². The molecule has 0 aliphatic carbocycles. The summed E-state index contributed by atoms with van der Waals surface area (Å²) in [5.74, 6) is -1.14. The average molecular weight is 518 g/mol. The molecular formula is C28H31N5O5. The van der Waals surface area contributed by atoms with Crippen molar-refractivity contribution in [2.24, 2.45) is 0 Å². The largest absolute Gasteiger partial charge is 0.467 e. The molecule has 0 unspecified atom stereocenters. The van der Waals surface area contributed by atoms with Crippen LogP contribution in [0.2, 0.25) is 0 Å². The molecule has 2 aromatic heterocycles. The molecule has 10 heteroatoms. The third-order valence-corrected chi connectivity index (χ3v) is 6.27. The zero-order chi connectivity index (χ0) is 27.3. The lowest BCUT2D eigenvalue weighted by molar-refractivity contribution is -0.128. The van der Waals surface area contributed by atoms with E-state index >= 15 is 0 Å². The van der Waals surface area contributed by atoms with Gasteiger partial charge >= 0.3 is 5.97 Å². The van der Waals surface area contributed by atoms with Gasteiger partial charge < -0.3 is 14.5 Å². The Balaban J connectivity index is 1.81. The highest BCUT2D eigenvalue weighted by atomic mass is 16.5. The molecule has 2 heterocycles. The van der Waals surface area contributed by atoms with Crippen molar-refractivity contribution in [3.05, 3.63) is 78.3 Å². The number of fused-ring (bicyclic) bond motifs is 1. The summed E-state index contributed by atoms with van der Waals surface area (Å²) in [7, 11) is 0. The number of anilines is 1. The lowest BCUT2D eigenvalue weighted by atomic mass is 10.0. The van der Waals surface area contributed by atoms with Crippen LogP contribution in [0.4, 0.5) is 5.69 Å². The third-order valence-electron chi connectivity index (χ3n) is 6.27. The molecule has 1 N–H and O–H groups in total. The molecule has 0 saturated carbocycles. The predicted octanol–water partition coefficient (Wildman–Crippen LogP) is 4.28. The topological polar surface area (TPSA) is 120 Å². The van der Waals surface area contributed by atoms with Crippen molar-refractivity contribution in [1.29, 1.82) is 0 Å². The van der Waals surface area contributed by atoms with Crippen molar-refractivity contribution in [2.75, 3.05) is 11.5 Å². The quantitative estimate of drug-likeness (QED) is 0.312. The van der Waals surface area contributed by atoms with Gasteiger partial charge in [-0.15, -0.1) is 5.10 Å². The fourth-order valence-electron chi connectivity index (χ4n) is 3.98. The van der Waals surface area contributed by atoms with Gasteiger partial charge in [-0.25, -0.2) is 9.48 Å². The number of para-hydroxylation sites is 1. The van der Waals surface area contributed by atoms with Gasteiger partial charge in [-0.3, -0.25) is 14.5 Å². The Hall–Kier alpha value is -4.47. The molecule has 4 rings (SSSR count). The fraction of sp³-hybridized carbons (Fsp3) is 0.321. The second kappa shape index (κ2) is 11.3. The van der Waals surface area contributed by atoms with E-state index in [1.54, 1.807) is 43.3 Å². The Morgan fingerprint density at radius 2 is 1.87 bits per heavy atom. The minimum Gasteiger partial charge on any atom is -0.467 e. The number of nitrogens with one attached hydrogen (secondary N) is 1. The number of hydrogen-bond donors (Lipinski definition) is 1. The Labute approximate surface area is 220 Å². The average Bonchev–Trinajstić information content (AvgIpc) is 3.57. The second-order valence-corrected chi connectivity index (χ2v) is 9.41. The highest BCUT2D eigenvalue weighted by Crippen LogP contribution is 2.31. The van der Waals surface area contributed by atoms with E-state index in [9.17, 15) is 14.4 Å². The molecule has 38 heavy (non-hydrogen) atoms. The zero-order valence-electron chi connectivity index (χ0n) is 21.9. The number of carbonyl (C=O) groups is 3. The summed E-state index contributed by atoms with van der Waals surface area (Å²) >= 11 is 0. The normalized spacial score (nSPS) is 12.2. The Morgan fingerprint density at radius 3 is 2.58 bits per heavy atom. The highest BCUT2D eigenvalue weighted by Gasteiger charge is 2.37. The molecule has 4 aromatic rings. The number of nitrogens with zero attached hydrogens (tertiary/aromatic N) is 4. The molecule has 0 bridgehead atoms. The zero-order valence-corrected chi connectivity index (χ0v) is 21.9. The molecule has 2 amide bonds. The van der Waals surface area contributed by atoms with Crippen LogP contribution in [0.1, 0.15) is 56.3 Å². The summed E-state index contributed by atoms with van der Waals surface area (Å²) in [4.78, 5) is 41.7. The number of furan rings is 1. The number of rotatable bonds is 10. The fourth-order valence-corrected chi connectivity index (χ4v) is 3.98. The van der Waals surface area contributed by atoms with Crippen LogP contribution in [-0.4, -0.2) is 44.9 Å². The number of carbonyl (C=O) groups excluding carboxylic acids is 3. The molecule has 0 aliphatic rings. The molecule has 0 fully saturated rings. The number of amides is 2. The van der Waals surface area contributed by atoms with E-state index in [0.717, 1.165) is 0 Å². The first-order valence-corrected chi connectivity index (χ1v) is 12.5. The molecular weight excluding hydrogens is 486 g/mol. The van der Waals surface area contributed by atoms with E-state index < -0.39 is 29.4 Å². The summed E-state index contributed by atoms with van der Waals surface area (Å²) < 4.78 is 12.3. The van der Waals surface area contributed by atoms with Gasteiger partial charge in [0.05, 0.1) is 24.0 Å². The summed E-state index contributed by atoms with van der Waals surface area (Å²) in [5.41, 5.74) is 1.36. The predicted molar refractivity (Wildman–Crippen MR) is 141 cm³/mol. The first-order valence-electron chi connectivity index (χ1n) is 12.5. The van der Waals surface area contributed by atoms with Crippen molar-refractivity contribution < 1.29 is 23.5 Å². The van der Waals surface area contributed by atoms with Gasteiger partial charge in [0.1, 0.15) is 17.8 Å². The number of benzene rings is 2. The first kappa shape index (κ1) is 26.6. The SMILES string of the molecule is CCOC(=O)c1cccc(N(C(=O)Cn2nnc3ccccc32)[C@@H](C(=O)NC(C)(C)CC)c2ccco2)c1. The van der Waals surface area contributed by atoms with Gasteiger partial charge in [0.15, 0.2) is 6.04 Å². The summed E-state index contributed by atoms with van der Waals surface area (Å²) in [5, 5.41) is 11.3. The van der Waals surface area contributed by atoms with Crippen LogP contribution in [0.15, 0.2) is 71.3 Å². The van der Waals surface area contributed by atoms with Gasteiger partial charge in [-0.2, -0.15) is 0 Å². The van der Waals surface area contributed by atoms with Crippen LogP contribution in [0, 0.1) is 0 Å². The summed E-state index contributed by atoms with van der Waals surface area (Å²) in [6.07, 6.45) is 2.12. The van der Waals surface area contributed by atoms with Crippen molar-refractivity contribution in [1.82, 2.24) is 20.3 Å². The molecule has 1 atom stereocenters. The number of ether oxygens (including phenoxy) is 1. The maximum absolute atomic E-state index is 14.0. The maximum atomic E-state index is 14.0. The Kier molecular flexibility index (Phi) is 7.90. The van der Waals surface area contributed by atoms with Crippen molar-refractivity contribution in [2.45, 2.75) is 52.2 Å². The Morgan fingerprint density at radius 1 is 1.08 bits per heavy atom. The molecule has 2 aromatic carbocycles. The van der Waals surface area contributed by atoms with E-state index in [-0.39, 0.29) is 24.5 Å². The number of aromatic nitrogens is 3. The monoisotopic (exact) mass is 517 g/mol. The van der Waals surface area contributed by atoms with Gasteiger partial charge in [-0.05, 0) is 69.7 Å².